The Labute approximate surface area is 107 Å². The highest BCUT2D eigenvalue weighted by atomic mass is 32.2. The van der Waals surface area contributed by atoms with Crippen LogP contribution in [0.4, 0.5) is 10.1 Å². The van der Waals surface area contributed by atoms with Crippen LogP contribution in [0.15, 0.2) is 17.0 Å². The predicted molar refractivity (Wildman–Crippen MR) is 65.4 cm³/mol. The van der Waals surface area contributed by atoms with Crippen molar-refractivity contribution >= 4 is 23.4 Å². The number of ether oxygens (including phenoxy) is 1. The van der Waals surface area contributed by atoms with Gasteiger partial charge in [0.2, 0.25) is 0 Å². The van der Waals surface area contributed by atoms with Gasteiger partial charge in [-0.25, -0.2) is 9.18 Å². The first kappa shape index (κ1) is 14.4. The average molecular weight is 273 g/mol. The molecule has 5 nitrogen and oxygen atoms in total. The fourth-order valence-corrected chi connectivity index (χ4v) is 2.19. The summed E-state index contributed by atoms with van der Waals surface area (Å²) < 4.78 is 18.0. The van der Waals surface area contributed by atoms with Gasteiger partial charge >= 0.3 is 5.97 Å². The molecule has 0 aliphatic carbocycles. The molecule has 0 bridgehead atoms. The van der Waals surface area contributed by atoms with Crippen molar-refractivity contribution < 1.29 is 18.8 Å². The number of thioether (sulfide) groups is 1. The molecule has 1 rings (SSSR count). The summed E-state index contributed by atoms with van der Waals surface area (Å²) in [6, 6.07) is 1.92. The normalized spacial score (nSPS) is 10.2. The fraction of sp³-hybridized carbons (Fsp3) is 0.364. The number of nitro groups is 1. The lowest BCUT2D eigenvalue weighted by molar-refractivity contribution is -0.387. The molecule has 0 atom stereocenters. The van der Waals surface area contributed by atoms with Crippen molar-refractivity contribution in [3.05, 3.63) is 33.6 Å². The number of methoxy groups -OCH3 is 1. The van der Waals surface area contributed by atoms with E-state index >= 15 is 0 Å². The molecule has 0 heterocycles. The second-order valence-corrected chi connectivity index (χ2v) is 4.53. The molecule has 0 fully saturated rings. The molecule has 0 aliphatic rings. The fourth-order valence-electron chi connectivity index (χ4n) is 1.28. The van der Waals surface area contributed by atoms with E-state index in [1.807, 2.05) is 6.92 Å². The van der Waals surface area contributed by atoms with Crippen molar-refractivity contribution in [2.45, 2.75) is 18.2 Å². The van der Waals surface area contributed by atoms with E-state index in [1.54, 1.807) is 0 Å². The maximum absolute atomic E-state index is 13.5. The van der Waals surface area contributed by atoms with Crippen LogP contribution >= 0.6 is 11.8 Å². The largest absolute Gasteiger partial charge is 0.465 e. The Hall–Kier alpha value is -1.63. The highest BCUT2D eigenvalue weighted by Crippen LogP contribution is 2.32. The Balaban J connectivity index is 3.26. The minimum atomic E-state index is -0.950. The van der Waals surface area contributed by atoms with Crippen LogP contribution in [-0.2, 0) is 4.74 Å². The maximum atomic E-state index is 13.5. The number of carbonyl (C=O) groups excluding carboxylic acids is 1. The molecule has 0 spiro atoms. The van der Waals surface area contributed by atoms with Crippen LogP contribution in [-0.4, -0.2) is 23.8 Å². The summed E-state index contributed by atoms with van der Waals surface area (Å²) >= 11 is 1.21. The molecule has 0 amide bonds. The number of esters is 1. The Morgan fingerprint density at radius 2 is 2.22 bits per heavy atom. The second-order valence-electron chi connectivity index (χ2n) is 3.40. The van der Waals surface area contributed by atoms with Crippen molar-refractivity contribution in [1.82, 2.24) is 0 Å². The van der Waals surface area contributed by atoms with Gasteiger partial charge in [-0.3, -0.25) is 10.1 Å². The minimum absolute atomic E-state index is 0.267. The van der Waals surface area contributed by atoms with Gasteiger partial charge < -0.3 is 4.74 Å². The molecular weight excluding hydrogens is 261 g/mol. The molecule has 0 saturated carbocycles. The standard InChI is InChI=1S/C11H12FNO4S/c1-3-4-18-10-5-7(11(14)17-2)8(12)6-9(10)13(15)16/h5-6H,3-4H2,1-2H3. The molecule has 98 valence electrons. The molecule has 0 unspecified atom stereocenters. The van der Waals surface area contributed by atoms with Gasteiger partial charge in [-0.2, -0.15) is 0 Å². The van der Waals surface area contributed by atoms with Gasteiger partial charge in [-0.15, -0.1) is 11.8 Å². The first-order valence-electron chi connectivity index (χ1n) is 5.20. The lowest BCUT2D eigenvalue weighted by atomic mass is 10.2. The molecule has 0 aromatic heterocycles. The molecule has 1 aromatic carbocycles. The highest BCUT2D eigenvalue weighted by molar-refractivity contribution is 7.99. The van der Waals surface area contributed by atoms with Gasteiger partial charge in [0.1, 0.15) is 5.82 Å². The van der Waals surface area contributed by atoms with Crippen molar-refractivity contribution in [3.8, 4) is 0 Å². The van der Waals surface area contributed by atoms with E-state index in [0.717, 1.165) is 19.6 Å². The summed E-state index contributed by atoms with van der Waals surface area (Å²) in [5, 5.41) is 10.8. The molecule has 0 radical (unpaired) electrons. The zero-order valence-electron chi connectivity index (χ0n) is 9.94. The highest BCUT2D eigenvalue weighted by Gasteiger charge is 2.22. The van der Waals surface area contributed by atoms with Crippen molar-refractivity contribution in [3.63, 3.8) is 0 Å². The summed E-state index contributed by atoms with van der Waals surface area (Å²) in [5.74, 6) is -1.15. The summed E-state index contributed by atoms with van der Waals surface area (Å²) in [7, 11) is 1.13. The molecule has 0 N–H and O–H groups in total. The molecule has 18 heavy (non-hydrogen) atoms. The zero-order chi connectivity index (χ0) is 13.7. The average Bonchev–Trinajstić information content (AvgIpc) is 2.35. The first-order valence-corrected chi connectivity index (χ1v) is 6.18. The summed E-state index contributed by atoms with van der Waals surface area (Å²) in [6.07, 6.45) is 0.812. The van der Waals surface area contributed by atoms with Crippen LogP contribution < -0.4 is 0 Å². The summed E-state index contributed by atoms with van der Waals surface area (Å²) in [4.78, 5) is 21.7. The van der Waals surface area contributed by atoms with Crippen molar-refractivity contribution in [1.29, 1.82) is 0 Å². The van der Waals surface area contributed by atoms with E-state index in [-0.39, 0.29) is 16.1 Å². The molecular formula is C11H12FNO4S. The van der Waals surface area contributed by atoms with Gasteiger partial charge in [0.15, 0.2) is 0 Å². The number of rotatable bonds is 5. The third-order valence-electron chi connectivity index (χ3n) is 2.11. The topological polar surface area (TPSA) is 69.4 Å². The molecule has 7 heteroatoms. The molecule has 1 aromatic rings. The minimum Gasteiger partial charge on any atom is -0.465 e. The number of benzene rings is 1. The van der Waals surface area contributed by atoms with E-state index in [9.17, 15) is 19.3 Å². The Morgan fingerprint density at radius 3 is 2.72 bits per heavy atom. The lowest BCUT2D eigenvalue weighted by Crippen LogP contribution is -2.06. The maximum Gasteiger partial charge on any atom is 0.340 e. The third kappa shape index (κ3) is 3.19. The number of hydrogen-bond acceptors (Lipinski definition) is 5. The van der Waals surface area contributed by atoms with Crippen LogP contribution in [0.25, 0.3) is 0 Å². The lowest BCUT2D eigenvalue weighted by Gasteiger charge is -2.06. The summed E-state index contributed by atoms with van der Waals surface area (Å²) in [5.41, 5.74) is -0.625. The van der Waals surface area contributed by atoms with Crippen LogP contribution in [0.2, 0.25) is 0 Å². The SMILES string of the molecule is CCCSc1cc(C(=O)OC)c(F)cc1[N+](=O)[O-]. The van der Waals surface area contributed by atoms with Gasteiger partial charge in [0.05, 0.1) is 28.6 Å². The monoisotopic (exact) mass is 273 g/mol. The van der Waals surface area contributed by atoms with Crippen LogP contribution in [0.5, 0.6) is 0 Å². The van der Waals surface area contributed by atoms with Gasteiger partial charge in [0.25, 0.3) is 5.69 Å². The van der Waals surface area contributed by atoms with Crippen LogP contribution in [0, 0.1) is 15.9 Å². The Morgan fingerprint density at radius 1 is 1.56 bits per heavy atom. The Kier molecular flexibility index (Phi) is 5.08. The Bertz CT molecular complexity index is 478. The first-order chi connectivity index (χ1) is 8.51. The number of halogens is 1. The molecule has 0 aliphatic heterocycles. The number of nitrogens with zero attached hydrogens (tertiary/aromatic N) is 1. The predicted octanol–water partition coefficient (Wildman–Crippen LogP) is 3.02. The van der Waals surface area contributed by atoms with Crippen molar-refractivity contribution in [2.24, 2.45) is 0 Å². The smallest absolute Gasteiger partial charge is 0.340 e. The summed E-state index contributed by atoms with van der Waals surface area (Å²) in [6.45, 7) is 1.92. The number of hydrogen-bond donors (Lipinski definition) is 0. The quantitative estimate of drug-likeness (QED) is 0.357. The van der Waals surface area contributed by atoms with Gasteiger partial charge in [-0.1, -0.05) is 6.92 Å². The van der Waals surface area contributed by atoms with Crippen LogP contribution in [0.3, 0.4) is 0 Å². The van der Waals surface area contributed by atoms with E-state index in [0.29, 0.717) is 5.75 Å². The van der Waals surface area contributed by atoms with Crippen molar-refractivity contribution in [2.75, 3.05) is 12.9 Å². The van der Waals surface area contributed by atoms with E-state index in [1.165, 1.54) is 17.8 Å². The second kappa shape index (κ2) is 6.34. The van der Waals surface area contributed by atoms with E-state index < -0.39 is 16.7 Å². The van der Waals surface area contributed by atoms with Crippen LogP contribution in [0.1, 0.15) is 23.7 Å². The van der Waals surface area contributed by atoms with E-state index in [4.69, 9.17) is 0 Å². The van der Waals surface area contributed by atoms with Gasteiger partial charge in [0, 0.05) is 0 Å². The van der Waals surface area contributed by atoms with E-state index in [2.05, 4.69) is 4.74 Å². The number of nitro benzene ring substituents is 1. The molecule has 0 saturated heterocycles. The van der Waals surface area contributed by atoms with Gasteiger partial charge in [-0.05, 0) is 18.2 Å². The zero-order valence-corrected chi connectivity index (χ0v) is 10.8. The number of carbonyl (C=O) groups is 1. The third-order valence-corrected chi connectivity index (χ3v) is 3.36.